The van der Waals surface area contributed by atoms with E-state index >= 15 is 0 Å². The summed E-state index contributed by atoms with van der Waals surface area (Å²) in [5, 5.41) is 0. The summed E-state index contributed by atoms with van der Waals surface area (Å²) in [5.74, 6) is 0. The third-order valence-electron chi connectivity index (χ3n) is 1.47. The maximum absolute atomic E-state index is 2.20. The zero-order valence-corrected chi connectivity index (χ0v) is 6.09. The summed E-state index contributed by atoms with van der Waals surface area (Å²) in [6.07, 6.45) is 8.88. The summed E-state index contributed by atoms with van der Waals surface area (Å²) < 4.78 is 0. The molecule has 1 nitrogen and oxygen atoms in total. The van der Waals surface area contributed by atoms with Crippen molar-refractivity contribution in [2.45, 2.75) is 19.8 Å². The van der Waals surface area contributed by atoms with Crippen LogP contribution < -0.4 is 0 Å². The van der Waals surface area contributed by atoms with Crippen molar-refractivity contribution in [2.24, 2.45) is 0 Å². The van der Waals surface area contributed by atoms with Crippen molar-refractivity contribution in [1.29, 1.82) is 0 Å². The van der Waals surface area contributed by atoms with Gasteiger partial charge in [-0.2, -0.15) is 0 Å². The molecule has 0 radical (unpaired) electrons. The van der Waals surface area contributed by atoms with E-state index < -0.39 is 0 Å². The molecular formula is C8H13N. The molecule has 0 aliphatic carbocycles. The first kappa shape index (κ1) is 6.40. The van der Waals surface area contributed by atoms with E-state index in [2.05, 4.69) is 37.3 Å². The van der Waals surface area contributed by atoms with Gasteiger partial charge in [0.25, 0.3) is 0 Å². The standard InChI is InChI=1S/C8H13N/c1-8-5-3-4-6-9(2)7-8/h4,6-7H,3,5H2,1-2H3. The quantitative estimate of drug-likeness (QED) is 0.477. The van der Waals surface area contributed by atoms with Crippen molar-refractivity contribution in [2.75, 3.05) is 7.05 Å². The van der Waals surface area contributed by atoms with E-state index in [1.165, 1.54) is 18.4 Å². The van der Waals surface area contributed by atoms with E-state index in [0.717, 1.165) is 0 Å². The van der Waals surface area contributed by atoms with Crippen molar-refractivity contribution in [3.8, 4) is 0 Å². The summed E-state index contributed by atoms with van der Waals surface area (Å²) in [6, 6.07) is 0. The van der Waals surface area contributed by atoms with Crippen LogP contribution in [0.4, 0.5) is 0 Å². The lowest BCUT2D eigenvalue weighted by Gasteiger charge is -2.05. The molecule has 1 heterocycles. The van der Waals surface area contributed by atoms with Gasteiger partial charge in [0.15, 0.2) is 0 Å². The van der Waals surface area contributed by atoms with Crippen LogP contribution in [0.2, 0.25) is 0 Å². The Kier molecular flexibility index (Phi) is 1.93. The van der Waals surface area contributed by atoms with Crippen LogP contribution in [-0.4, -0.2) is 11.9 Å². The van der Waals surface area contributed by atoms with Crippen LogP contribution in [0.15, 0.2) is 24.0 Å². The zero-order chi connectivity index (χ0) is 6.69. The Morgan fingerprint density at radius 1 is 1.56 bits per heavy atom. The molecule has 9 heavy (non-hydrogen) atoms. The van der Waals surface area contributed by atoms with Gasteiger partial charge in [-0.15, -0.1) is 0 Å². The predicted octanol–water partition coefficient (Wildman–Crippen LogP) is 2.13. The molecule has 1 aliphatic rings. The molecular weight excluding hydrogens is 110 g/mol. The van der Waals surface area contributed by atoms with E-state index in [1.54, 1.807) is 0 Å². The van der Waals surface area contributed by atoms with Crippen molar-refractivity contribution >= 4 is 0 Å². The Labute approximate surface area is 56.7 Å². The molecule has 1 heteroatoms. The van der Waals surface area contributed by atoms with Gasteiger partial charge >= 0.3 is 0 Å². The molecule has 0 fully saturated rings. The largest absolute Gasteiger partial charge is 0.358 e. The summed E-state index contributed by atoms with van der Waals surface area (Å²) in [5.41, 5.74) is 1.46. The predicted molar refractivity (Wildman–Crippen MR) is 39.9 cm³/mol. The second kappa shape index (κ2) is 2.72. The van der Waals surface area contributed by atoms with Gasteiger partial charge in [0.2, 0.25) is 0 Å². The maximum atomic E-state index is 2.20. The highest BCUT2D eigenvalue weighted by atomic mass is 15.0. The molecule has 50 valence electrons. The first-order valence-electron chi connectivity index (χ1n) is 3.35. The van der Waals surface area contributed by atoms with Crippen LogP contribution in [0.1, 0.15) is 19.8 Å². The minimum atomic E-state index is 1.19. The Hall–Kier alpha value is -0.720. The van der Waals surface area contributed by atoms with Gasteiger partial charge in [0.1, 0.15) is 0 Å². The molecule has 0 aromatic rings. The maximum Gasteiger partial charge on any atom is 0.0106 e. The highest BCUT2D eigenvalue weighted by molar-refractivity contribution is 5.04. The fraction of sp³-hybridized carbons (Fsp3) is 0.500. The molecule has 0 spiro atoms. The summed E-state index contributed by atoms with van der Waals surface area (Å²) in [6.45, 7) is 2.17. The minimum Gasteiger partial charge on any atom is -0.358 e. The van der Waals surface area contributed by atoms with Gasteiger partial charge in [-0.25, -0.2) is 0 Å². The lowest BCUT2D eigenvalue weighted by Crippen LogP contribution is -1.98. The first-order chi connectivity index (χ1) is 4.29. The molecule has 0 aromatic carbocycles. The average molecular weight is 123 g/mol. The van der Waals surface area contributed by atoms with Crippen molar-refractivity contribution in [3.63, 3.8) is 0 Å². The Morgan fingerprint density at radius 3 is 3.11 bits per heavy atom. The van der Waals surface area contributed by atoms with Gasteiger partial charge < -0.3 is 4.90 Å². The smallest absolute Gasteiger partial charge is 0.0106 e. The number of rotatable bonds is 0. The lowest BCUT2D eigenvalue weighted by molar-refractivity contribution is 0.621. The lowest BCUT2D eigenvalue weighted by atomic mass is 10.2. The van der Waals surface area contributed by atoms with Crippen molar-refractivity contribution < 1.29 is 0 Å². The fourth-order valence-electron chi connectivity index (χ4n) is 1.01. The van der Waals surface area contributed by atoms with E-state index in [1.807, 2.05) is 0 Å². The van der Waals surface area contributed by atoms with Crippen LogP contribution in [-0.2, 0) is 0 Å². The van der Waals surface area contributed by atoms with Crippen LogP contribution in [0.25, 0.3) is 0 Å². The van der Waals surface area contributed by atoms with E-state index in [0.29, 0.717) is 0 Å². The SMILES string of the molecule is CC1=CN(C)C=CCC1. The number of hydrogen-bond acceptors (Lipinski definition) is 1. The highest BCUT2D eigenvalue weighted by Crippen LogP contribution is 2.09. The second-order valence-corrected chi connectivity index (χ2v) is 2.56. The molecule has 0 unspecified atom stereocenters. The molecule has 0 aromatic heterocycles. The molecule has 0 saturated heterocycles. The number of hydrogen-bond donors (Lipinski definition) is 0. The highest BCUT2D eigenvalue weighted by Gasteiger charge is 1.93. The third-order valence-corrected chi connectivity index (χ3v) is 1.47. The Morgan fingerprint density at radius 2 is 2.33 bits per heavy atom. The van der Waals surface area contributed by atoms with E-state index in [9.17, 15) is 0 Å². The molecule has 0 bridgehead atoms. The van der Waals surface area contributed by atoms with E-state index in [-0.39, 0.29) is 0 Å². The molecule has 1 rings (SSSR count). The Balaban J connectivity index is 2.62. The first-order valence-corrected chi connectivity index (χ1v) is 3.35. The molecule has 0 saturated carbocycles. The minimum absolute atomic E-state index is 1.19. The zero-order valence-electron chi connectivity index (χ0n) is 6.09. The summed E-state index contributed by atoms with van der Waals surface area (Å²) in [7, 11) is 2.06. The fourth-order valence-corrected chi connectivity index (χ4v) is 1.01. The molecule has 1 aliphatic heterocycles. The van der Waals surface area contributed by atoms with Crippen LogP contribution in [0, 0.1) is 0 Å². The molecule has 0 atom stereocenters. The van der Waals surface area contributed by atoms with Crippen LogP contribution >= 0.6 is 0 Å². The van der Waals surface area contributed by atoms with E-state index in [4.69, 9.17) is 0 Å². The van der Waals surface area contributed by atoms with Gasteiger partial charge in [0, 0.05) is 13.2 Å². The molecule has 0 N–H and O–H groups in total. The second-order valence-electron chi connectivity index (χ2n) is 2.56. The average Bonchev–Trinajstić information content (AvgIpc) is 1.93. The summed E-state index contributed by atoms with van der Waals surface area (Å²) >= 11 is 0. The van der Waals surface area contributed by atoms with Gasteiger partial charge in [-0.05, 0) is 26.0 Å². The van der Waals surface area contributed by atoms with Gasteiger partial charge in [-0.1, -0.05) is 11.6 Å². The van der Waals surface area contributed by atoms with Crippen LogP contribution in [0.3, 0.4) is 0 Å². The third kappa shape index (κ3) is 1.92. The van der Waals surface area contributed by atoms with Crippen molar-refractivity contribution in [1.82, 2.24) is 4.90 Å². The Bertz CT molecular complexity index is 145. The number of nitrogens with zero attached hydrogens (tertiary/aromatic N) is 1. The van der Waals surface area contributed by atoms with Gasteiger partial charge in [-0.3, -0.25) is 0 Å². The molecule has 0 amide bonds. The summed E-state index contributed by atoms with van der Waals surface area (Å²) in [4.78, 5) is 2.10. The normalized spacial score (nSPS) is 19.3. The monoisotopic (exact) mass is 123 g/mol. The topological polar surface area (TPSA) is 3.24 Å². The van der Waals surface area contributed by atoms with Crippen LogP contribution in [0.5, 0.6) is 0 Å². The van der Waals surface area contributed by atoms with Crippen molar-refractivity contribution in [3.05, 3.63) is 24.0 Å². The number of allylic oxidation sites excluding steroid dienone is 2. The van der Waals surface area contributed by atoms with Gasteiger partial charge in [0.05, 0.1) is 0 Å².